The number of carboxylic acids is 1. The lowest BCUT2D eigenvalue weighted by Crippen LogP contribution is -2.42. The van der Waals surface area contributed by atoms with Gasteiger partial charge in [0.2, 0.25) is 0 Å². The summed E-state index contributed by atoms with van der Waals surface area (Å²) in [4.78, 5) is 26.6. The highest BCUT2D eigenvalue weighted by atomic mass is 32.2. The molecule has 1 saturated carbocycles. The first-order valence-electron chi connectivity index (χ1n) is 10.1. The summed E-state index contributed by atoms with van der Waals surface area (Å²) in [5.74, 6) is -1.29. The molecule has 0 bridgehead atoms. The van der Waals surface area contributed by atoms with E-state index in [1.165, 1.54) is 17.3 Å². The zero-order chi connectivity index (χ0) is 21.3. The molecule has 0 spiro atoms. The Hall–Kier alpha value is -2.44. The average molecular weight is 438 g/mol. The van der Waals surface area contributed by atoms with Crippen molar-refractivity contribution >= 4 is 46.3 Å². The van der Waals surface area contributed by atoms with Crippen molar-refractivity contribution in [2.24, 2.45) is 5.92 Å². The van der Waals surface area contributed by atoms with Crippen molar-refractivity contribution in [1.82, 2.24) is 4.90 Å². The molecule has 0 aromatic heterocycles. The van der Waals surface area contributed by atoms with Gasteiger partial charge >= 0.3 is 5.97 Å². The van der Waals surface area contributed by atoms with E-state index >= 15 is 0 Å². The third kappa shape index (κ3) is 4.35. The van der Waals surface area contributed by atoms with E-state index in [2.05, 4.69) is 43.3 Å². The van der Waals surface area contributed by atoms with Crippen LogP contribution in [-0.4, -0.2) is 32.2 Å². The first kappa shape index (κ1) is 20.8. The van der Waals surface area contributed by atoms with Gasteiger partial charge in [0.1, 0.15) is 4.32 Å². The van der Waals surface area contributed by atoms with Gasteiger partial charge in [-0.15, -0.1) is 0 Å². The molecule has 4 nitrogen and oxygen atoms in total. The number of rotatable bonds is 4. The molecule has 1 heterocycles. The number of carboxylic acid groups (broad SMARTS) is 1. The number of amides is 1. The van der Waals surface area contributed by atoms with Crippen LogP contribution < -0.4 is 0 Å². The van der Waals surface area contributed by atoms with Crippen LogP contribution in [0.4, 0.5) is 0 Å². The van der Waals surface area contributed by atoms with Gasteiger partial charge in [0.25, 0.3) is 5.91 Å². The maximum Gasteiger partial charge on any atom is 0.306 e. The fourth-order valence-electron chi connectivity index (χ4n) is 4.09. The third-order valence-electron chi connectivity index (χ3n) is 5.78. The summed E-state index contributed by atoms with van der Waals surface area (Å²) in [6.45, 7) is 2.07. The van der Waals surface area contributed by atoms with E-state index in [1.54, 1.807) is 4.90 Å². The summed E-state index contributed by atoms with van der Waals surface area (Å²) in [5.41, 5.74) is 4.45. The van der Waals surface area contributed by atoms with Crippen LogP contribution in [0.2, 0.25) is 0 Å². The zero-order valence-corrected chi connectivity index (χ0v) is 18.3. The molecule has 6 heteroatoms. The SMILES string of the molecule is Cc1ccc(-c2ccc(C=C3SC(=S)N(C4CCCC(C(=O)O)C4)C3=O)cc2)cc1. The number of aliphatic carboxylic acids is 1. The van der Waals surface area contributed by atoms with Gasteiger partial charge in [-0.05, 0) is 49.0 Å². The summed E-state index contributed by atoms with van der Waals surface area (Å²) >= 11 is 6.77. The van der Waals surface area contributed by atoms with E-state index in [4.69, 9.17) is 12.2 Å². The van der Waals surface area contributed by atoms with Crippen LogP contribution in [0.1, 0.15) is 36.8 Å². The van der Waals surface area contributed by atoms with Crippen molar-refractivity contribution in [3.05, 3.63) is 64.6 Å². The van der Waals surface area contributed by atoms with Gasteiger partial charge in [0, 0.05) is 6.04 Å². The monoisotopic (exact) mass is 437 g/mol. The second-order valence-corrected chi connectivity index (χ2v) is 9.57. The molecular weight excluding hydrogens is 414 g/mol. The van der Waals surface area contributed by atoms with Crippen LogP contribution in [0.3, 0.4) is 0 Å². The molecular formula is C24H23NO3S2. The predicted octanol–water partition coefficient (Wildman–Crippen LogP) is 5.51. The first-order valence-corrected chi connectivity index (χ1v) is 11.3. The second kappa shape index (κ2) is 8.74. The summed E-state index contributed by atoms with van der Waals surface area (Å²) in [6.07, 6.45) is 4.62. The molecule has 2 aromatic carbocycles. The van der Waals surface area contributed by atoms with Gasteiger partial charge in [0.05, 0.1) is 10.8 Å². The molecule has 1 amide bonds. The van der Waals surface area contributed by atoms with Crippen molar-refractivity contribution in [2.45, 2.75) is 38.6 Å². The smallest absolute Gasteiger partial charge is 0.306 e. The molecule has 2 aliphatic rings. The summed E-state index contributed by atoms with van der Waals surface area (Å²) in [6, 6.07) is 16.4. The molecule has 2 fully saturated rings. The lowest BCUT2D eigenvalue weighted by molar-refractivity contribution is -0.144. The van der Waals surface area contributed by atoms with Gasteiger partial charge in [-0.25, -0.2) is 0 Å². The van der Waals surface area contributed by atoms with Crippen molar-refractivity contribution < 1.29 is 14.7 Å². The average Bonchev–Trinajstić information content (AvgIpc) is 3.02. The summed E-state index contributed by atoms with van der Waals surface area (Å²) in [7, 11) is 0. The normalized spacial score (nSPS) is 23.2. The maximum absolute atomic E-state index is 13.0. The molecule has 154 valence electrons. The van der Waals surface area contributed by atoms with Crippen LogP contribution in [0.25, 0.3) is 17.2 Å². The Bertz CT molecular complexity index is 1010. The molecule has 1 saturated heterocycles. The van der Waals surface area contributed by atoms with Crippen molar-refractivity contribution in [2.75, 3.05) is 0 Å². The Morgan fingerprint density at radius 2 is 1.73 bits per heavy atom. The third-order valence-corrected chi connectivity index (χ3v) is 7.11. The first-order chi connectivity index (χ1) is 14.4. The molecule has 1 aliphatic heterocycles. The summed E-state index contributed by atoms with van der Waals surface area (Å²) < 4.78 is 0.526. The lowest BCUT2D eigenvalue weighted by atomic mass is 9.85. The minimum absolute atomic E-state index is 0.108. The highest BCUT2D eigenvalue weighted by Crippen LogP contribution is 2.38. The fraction of sp³-hybridized carbons (Fsp3) is 0.292. The number of thiocarbonyl (C=S) groups is 1. The van der Waals surface area contributed by atoms with Crippen molar-refractivity contribution in [3.63, 3.8) is 0 Å². The highest BCUT2D eigenvalue weighted by Gasteiger charge is 2.40. The highest BCUT2D eigenvalue weighted by molar-refractivity contribution is 8.26. The van der Waals surface area contributed by atoms with Gasteiger partial charge in [-0.2, -0.15) is 0 Å². The number of nitrogens with zero attached hydrogens (tertiary/aromatic N) is 1. The molecule has 1 aliphatic carbocycles. The van der Waals surface area contributed by atoms with E-state index < -0.39 is 11.9 Å². The van der Waals surface area contributed by atoms with E-state index in [0.29, 0.717) is 22.1 Å². The minimum atomic E-state index is -0.783. The predicted molar refractivity (Wildman–Crippen MR) is 125 cm³/mol. The van der Waals surface area contributed by atoms with Gasteiger partial charge in [0.15, 0.2) is 0 Å². The van der Waals surface area contributed by atoms with Crippen LogP contribution >= 0.6 is 24.0 Å². The molecule has 30 heavy (non-hydrogen) atoms. The Balaban J connectivity index is 1.50. The van der Waals surface area contributed by atoms with Crippen LogP contribution in [-0.2, 0) is 9.59 Å². The molecule has 2 unspecified atom stereocenters. The number of benzene rings is 2. The number of hydrogen-bond acceptors (Lipinski definition) is 4. The molecule has 4 rings (SSSR count). The molecule has 0 radical (unpaired) electrons. The topological polar surface area (TPSA) is 57.6 Å². The van der Waals surface area contributed by atoms with Gasteiger partial charge < -0.3 is 5.11 Å². The molecule has 2 aromatic rings. The van der Waals surface area contributed by atoms with Crippen LogP contribution in [0.15, 0.2) is 53.4 Å². The second-order valence-electron chi connectivity index (χ2n) is 7.90. The summed E-state index contributed by atoms with van der Waals surface area (Å²) in [5, 5.41) is 9.34. The number of aryl methyl sites for hydroxylation is 1. The maximum atomic E-state index is 13.0. The van der Waals surface area contributed by atoms with Gasteiger partial charge in [-0.1, -0.05) is 84.5 Å². The Labute approximate surface area is 186 Å². The largest absolute Gasteiger partial charge is 0.481 e. The Morgan fingerprint density at radius 1 is 1.10 bits per heavy atom. The van der Waals surface area contributed by atoms with Gasteiger partial charge in [-0.3, -0.25) is 14.5 Å². The zero-order valence-electron chi connectivity index (χ0n) is 16.7. The van der Waals surface area contributed by atoms with Crippen LogP contribution in [0.5, 0.6) is 0 Å². The number of carbonyl (C=O) groups excluding carboxylic acids is 1. The molecule has 1 N–H and O–H groups in total. The quantitative estimate of drug-likeness (QED) is 0.505. The van der Waals surface area contributed by atoms with E-state index in [-0.39, 0.29) is 11.9 Å². The Morgan fingerprint density at radius 3 is 2.37 bits per heavy atom. The number of carbonyl (C=O) groups is 2. The van der Waals surface area contributed by atoms with Crippen molar-refractivity contribution in [3.8, 4) is 11.1 Å². The standard InChI is InChI=1S/C24H23NO3S2/c1-15-5-9-17(10-6-15)18-11-7-16(8-12-18)13-21-22(26)25(24(29)30-21)20-4-2-3-19(14-20)23(27)28/h5-13,19-20H,2-4,14H2,1H3,(H,27,28). The number of thioether (sulfide) groups is 1. The number of hydrogen-bond donors (Lipinski definition) is 1. The van der Waals surface area contributed by atoms with E-state index in [9.17, 15) is 14.7 Å². The lowest BCUT2D eigenvalue weighted by Gasteiger charge is -2.32. The fourth-order valence-corrected chi connectivity index (χ4v) is 5.49. The van der Waals surface area contributed by atoms with E-state index in [0.717, 1.165) is 29.5 Å². The minimum Gasteiger partial charge on any atom is -0.481 e. The van der Waals surface area contributed by atoms with E-state index in [1.807, 2.05) is 18.2 Å². The van der Waals surface area contributed by atoms with Crippen molar-refractivity contribution in [1.29, 1.82) is 0 Å². The van der Waals surface area contributed by atoms with Crippen LogP contribution in [0, 0.1) is 12.8 Å². The Kier molecular flexibility index (Phi) is 6.06. The molecule has 2 atom stereocenters.